The van der Waals surface area contributed by atoms with Gasteiger partial charge in [-0.2, -0.15) is 0 Å². The number of hydrogen-bond donors (Lipinski definition) is 0. The zero-order chi connectivity index (χ0) is 16.4. The molecule has 0 unspecified atom stereocenters. The lowest BCUT2D eigenvalue weighted by atomic mass is 9.91. The van der Waals surface area contributed by atoms with Gasteiger partial charge in [-0.05, 0) is 42.9 Å². The second-order valence-corrected chi connectivity index (χ2v) is 9.06. The van der Waals surface area contributed by atoms with Crippen LogP contribution in [0.25, 0.3) is 5.57 Å². The Morgan fingerprint density at radius 3 is 2.17 bits per heavy atom. The number of hydrogen-bond acceptors (Lipinski definition) is 0. The van der Waals surface area contributed by atoms with Crippen LogP contribution in [0, 0.1) is 19.8 Å². The summed E-state index contributed by atoms with van der Waals surface area (Å²) in [5.41, 5.74) is 7.23. The summed E-state index contributed by atoms with van der Waals surface area (Å²) in [6.07, 6.45) is 3.62. The normalized spacial score (nSPS) is 15.1. The fraction of sp³-hybridized carbons (Fsp3) is 0.273. The summed E-state index contributed by atoms with van der Waals surface area (Å²) in [4.78, 5) is 0. The lowest BCUT2D eigenvalue weighted by Crippen LogP contribution is -2.17. The quantitative estimate of drug-likeness (QED) is 0.728. The van der Waals surface area contributed by atoms with E-state index in [0.29, 0.717) is 5.92 Å². The molecule has 1 heteroatoms. The maximum absolute atomic E-state index is 2.47. The predicted molar refractivity (Wildman–Crippen MR) is 105 cm³/mol. The summed E-state index contributed by atoms with van der Waals surface area (Å²) in [5.74, 6) is 0.593. The van der Waals surface area contributed by atoms with Crippen LogP contribution in [0.4, 0.5) is 0 Å². The smallest absolute Gasteiger partial charge is 0.0749 e. The molecule has 3 rings (SSSR count). The van der Waals surface area contributed by atoms with E-state index in [1.165, 1.54) is 22.3 Å². The van der Waals surface area contributed by atoms with Gasteiger partial charge in [-0.1, -0.05) is 90.0 Å². The molecule has 0 saturated heterocycles. The molecule has 0 radical (unpaired) electrons. The zero-order valence-corrected chi connectivity index (χ0v) is 16.1. The zero-order valence-electron chi connectivity index (χ0n) is 14.7. The van der Waals surface area contributed by atoms with E-state index in [-0.39, 0.29) is 9.52 Å². The van der Waals surface area contributed by atoms with Crippen LogP contribution in [0.2, 0.25) is 0 Å². The van der Waals surface area contributed by atoms with E-state index >= 15 is 0 Å². The second-order valence-electron chi connectivity index (χ2n) is 7.03. The van der Waals surface area contributed by atoms with E-state index in [0.717, 1.165) is 6.42 Å². The Labute approximate surface area is 142 Å². The molecule has 0 atom stereocenters. The van der Waals surface area contributed by atoms with Crippen LogP contribution in [0.5, 0.6) is 0 Å². The molecule has 0 spiro atoms. The Morgan fingerprint density at radius 2 is 1.57 bits per heavy atom. The second kappa shape index (κ2) is 6.72. The van der Waals surface area contributed by atoms with Gasteiger partial charge >= 0.3 is 0 Å². The first-order chi connectivity index (χ1) is 11.0. The Bertz CT molecular complexity index is 744. The Morgan fingerprint density at radius 1 is 0.913 bits per heavy atom. The first-order valence-electron chi connectivity index (χ1n) is 8.59. The third-order valence-electron chi connectivity index (χ3n) is 4.59. The Kier molecular flexibility index (Phi) is 4.68. The molecule has 0 saturated carbocycles. The average molecular weight is 319 g/mol. The molecule has 1 aliphatic rings. The SMILES string of the molecule is Cc1cc(C)cc(C2=CCC([SiH2]c3ccccc3)=C2C(C)C)c1. The minimum atomic E-state index is -0.354. The monoisotopic (exact) mass is 318 g/mol. The van der Waals surface area contributed by atoms with Crippen molar-refractivity contribution in [1.82, 2.24) is 0 Å². The van der Waals surface area contributed by atoms with Crippen molar-refractivity contribution in [3.8, 4) is 0 Å². The van der Waals surface area contributed by atoms with E-state index in [1.807, 2.05) is 0 Å². The predicted octanol–water partition coefficient (Wildman–Crippen LogP) is 4.49. The van der Waals surface area contributed by atoms with Crippen LogP contribution >= 0.6 is 0 Å². The number of allylic oxidation sites excluding steroid dienone is 4. The van der Waals surface area contributed by atoms with Crippen molar-refractivity contribution in [3.63, 3.8) is 0 Å². The Balaban J connectivity index is 1.98. The molecule has 2 aromatic carbocycles. The van der Waals surface area contributed by atoms with Crippen molar-refractivity contribution < 1.29 is 0 Å². The van der Waals surface area contributed by atoms with E-state index < -0.39 is 0 Å². The van der Waals surface area contributed by atoms with Gasteiger partial charge in [-0.15, -0.1) is 0 Å². The largest absolute Gasteiger partial charge is 0.0832 e. The van der Waals surface area contributed by atoms with Crippen LogP contribution in [-0.2, 0) is 0 Å². The molecule has 0 nitrogen and oxygen atoms in total. The standard InChI is InChI=1S/C22H26Si/c1-15(2)22-20(18-13-16(3)12-17(4)14-18)10-11-21(22)23-19-8-6-5-7-9-19/h5-10,12-15H,11,23H2,1-4H3. The van der Waals surface area contributed by atoms with Crippen molar-refractivity contribution in [3.05, 3.63) is 82.1 Å². The first kappa shape index (κ1) is 16.0. The van der Waals surface area contributed by atoms with E-state index in [9.17, 15) is 0 Å². The molecule has 0 aromatic heterocycles. The van der Waals surface area contributed by atoms with Gasteiger partial charge in [0.05, 0.1) is 9.52 Å². The van der Waals surface area contributed by atoms with E-state index in [2.05, 4.69) is 82.3 Å². The van der Waals surface area contributed by atoms with Crippen LogP contribution in [0.3, 0.4) is 0 Å². The van der Waals surface area contributed by atoms with Crippen molar-refractivity contribution in [1.29, 1.82) is 0 Å². The highest BCUT2D eigenvalue weighted by molar-refractivity contribution is 6.61. The third-order valence-corrected chi connectivity index (χ3v) is 6.57. The van der Waals surface area contributed by atoms with Crippen LogP contribution < -0.4 is 5.19 Å². The number of benzene rings is 2. The molecule has 0 bridgehead atoms. The van der Waals surface area contributed by atoms with Gasteiger partial charge in [0.2, 0.25) is 0 Å². The molecule has 2 aromatic rings. The maximum atomic E-state index is 2.47. The molecule has 0 N–H and O–H groups in total. The van der Waals surface area contributed by atoms with Gasteiger partial charge in [0.15, 0.2) is 0 Å². The van der Waals surface area contributed by atoms with Crippen LogP contribution in [-0.4, -0.2) is 9.52 Å². The van der Waals surface area contributed by atoms with Gasteiger partial charge < -0.3 is 0 Å². The molecule has 0 amide bonds. The number of rotatable bonds is 4. The van der Waals surface area contributed by atoms with Crippen molar-refractivity contribution in [2.24, 2.45) is 5.92 Å². The fourth-order valence-electron chi connectivity index (χ4n) is 3.77. The summed E-state index contributed by atoms with van der Waals surface area (Å²) in [5, 5.41) is 3.27. The van der Waals surface area contributed by atoms with Crippen molar-refractivity contribution >= 4 is 20.3 Å². The van der Waals surface area contributed by atoms with Crippen molar-refractivity contribution in [2.45, 2.75) is 34.1 Å². The van der Waals surface area contributed by atoms with E-state index in [1.54, 1.807) is 16.0 Å². The highest BCUT2D eigenvalue weighted by atomic mass is 28.2. The minimum absolute atomic E-state index is 0.354. The highest BCUT2D eigenvalue weighted by Gasteiger charge is 2.22. The van der Waals surface area contributed by atoms with Crippen molar-refractivity contribution in [2.75, 3.05) is 0 Å². The summed E-state index contributed by atoms with van der Waals surface area (Å²) >= 11 is 0. The molecule has 23 heavy (non-hydrogen) atoms. The summed E-state index contributed by atoms with van der Waals surface area (Å²) in [6.45, 7) is 9.09. The molecular formula is C22H26Si. The minimum Gasteiger partial charge on any atom is -0.0749 e. The molecule has 0 heterocycles. The molecule has 1 aliphatic carbocycles. The lowest BCUT2D eigenvalue weighted by molar-refractivity contribution is 0.794. The van der Waals surface area contributed by atoms with E-state index in [4.69, 9.17) is 0 Å². The van der Waals surface area contributed by atoms with Crippen LogP contribution in [0.1, 0.15) is 37.0 Å². The maximum Gasteiger partial charge on any atom is 0.0832 e. The van der Waals surface area contributed by atoms with Gasteiger partial charge in [-0.3, -0.25) is 0 Å². The van der Waals surface area contributed by atoms with Gasteiger partial charge in [0, 0.05) is 0 Å². The van der Waals surface area contributed by atoms with Gasteiger partial charge in [0.1, 0.15) is 0 Å². The van der Waals surface area contributed by atoms with Gasteiger partial charge in [0.25, 0.3) is 0 Å². The Hall–Kier alpha value is -1.86. The third kappa shape index (κ3) is 3.56. The van der Waals surface area contributed by atoms with Gasteiger partial charge in [-0.25, -0.2) is 0 Å². The summed E-state index contributed by atoms with van der Waals surface area (Å²) < 4.78 is 0. The fourth-order valence-corrected chi connectivity index (χ4v) is 5.85. The lowest BCUT2D eigenvalue weighted by Gasteiger charge is -2.17. The average Bonchev–Trinajstić information content (AvgIpc) is 2.91. The summed E-state index contributed by atoms with van der Waals surface area (Å²) in [7, 11) is -0.354. The van der Waals surface area contributed by atoms with Crippen LogP contribution in [0.15, 0.2) is 65.4 Å². The number of aryl methyl sites for hydroxylation is 2. The molecule has 118 valence electrons. The molecule has 0 fully saturated rings. The topological polar surface area (TPSA) is 0 Å². The molecule has 0 aliphatic heterocycles. The highest BCUT2D eigenvalue weighted by Crippen LogP contribution is 2.38. The summed E-state index contributed by atoms with van der Waals surface area (Å²) in [6, 6.07) is 18.0. The molecular weight excluding hydrogens is 292 g/mol. The first-order valence-corrected chi connectivity index (χ1v) is 10.0.